The second-order valence-electron chi connectivity index (χ2n) is 5.05. The van der Waals surface area contributed by atoms with E-state index in [4.69, 9.17) is 10.5 Å². The van der Waals surface area contributed by atoms with Gasteiger partial charge in [-0.1, -0.05) is 6.92 Å². The molecule has 1 aliphatic heterocycles. The van der Waals surface area contributed by atoms with E-state index in [1.165, 1.54) is 4.57 Å². The number of aliphatic hydroxyl groups is 1. The topological polar surface area (TPSA) is 122 Å². The first-order valence-corrected chi connectivity index (χ1v) is 6.63. The molecule has 0 aromatic carbocycles. The molecule has 2 rings (SSSR count). The van der Waals surface area contributed by atoms with Crippen molar-refractivity contribution in [3.63, 3.8) is 0 Å². The molecule has 0 aliphatic carbocycles. The first kappa shape index (κ1) is 14.6. The Morgan fingerprint density at radius 1 is 1.55 bits per heavy atom. The highest BCUT2D eigenvalue weighted by Crippen LogP contribution is 2.19. The second kappa shape index (κ2) is 5.68. The molecule has 8 heteroatoms. The van der Waals surface area contributed by atoms with E-state index in [1.54, 1.807) is 0 Å². The maximum Gasteiger partial charge on any atom is 0.330 e. The third-order valence-corrected chi connectivity index (χ3v) is 3.36. The first-order chi connectivity index (χ1) is 9.47. The van der Waals surface area contributed by atoms with E-state index in [9.17, 15) is 14.7 Å². The standard InChI is InChI=1S/C12H20N4O4/c1-2-4-16-9(13)8(10(17)15-11(16)18)14-6-12(19)3-5-20-7-12/h14,19H,2-7,13H2,1H3,(H,15,17,18). The van der Waals surface area contributed by atoms with Crippen molar-refractivity contribution < 1.29 is 9.84 Å². The molecule has 1 unspecified atom stereocenters. The number of rotatable bonds is 5. The fourth-order valence-electron chi connectivity index (χ4n) is 2.19. The zero-order valence-electron chi connectivity index (χ0n) is 11.4. The number of nitrogens with two attached hydrogens (primary N) is 1. The molecule has 112 valence electrons. The number of nitrogen functional groups attached to an aromatic ring is 1. The summed E-state index contributed by atoms with van der Waals surface area (Å²) in [6.07, 6.45) is 1.21. The highest BCUT2D eigenvalue weighted by atomic mass is 16.5. The number of ether oxygens (including phenoxy) is 1. The Hall–Kier alpha value is -1.80. The summed E-state index contributed by atoms with van der Waals surface area (Å²) in [6, 6.07) is 0. The van der Waals surface area contributed by atoms with Crippen molar-refractivity contribution >= 4 is 11.5 Å². The van der Waals surface area contributed by atoms with Gasteiger partial charge in [0, 0.05) is 26.1 Å². The van der Waals surface area contributed by atoms with Gasteiger partial charge in [-0.15, -0.1) is 0 Å². The average molecular weight is 284 g/mol. The zero-order valence-corrected chi connectivity index (χ0v) is 11.4. The molecule has 1 aromatic heterocycles. The fraction of sp³-hybridized carbons (Fsp3) is 0.667. The zero-order chi connectivity index (χ0) is 14.8. The molecule has 1 saturated heterocycles. The minimum Gasteiger partial charge on any atom is -0.386 e. The molecule has 0 radical (unpaired) electrons. The SMILES string of the molecule is CCCn1c(N)c(NCC2(O)CCOC2)c(=O)[nH]c1=O. The van der Waals surface area contributed by atoms with Crippen molar-refractivity contribution in [3.8, 4) is 0 Å². The number of aromatic nitrogens is 2. The van der Waals surface area contributed by atoms with Crippen molar-refractivity contribution in [2.75, 3.05) is 30.8 Å². The number of anilines is 2. The summed E-state index contributed by atoms with van der Waals surface area (Å²) in [5.74, 6) is 0.0862. The van der Waals surface area contributed by atoms with Gasteiger partial charge in [0.1, 0.15) is 17.1 Å². The van der Waals surface area contributed by atoms with Crippen molar-refractivity contribution in [1.29, 1.82) is 0 Å². The lowest BCUT2D eigenvalue weighted by Crippen LogP contribution is -2.40. The van der Waals surface area contributed by atoms with Gasteiger partial charge in [-0.3, -0.25) is 14.3 Å². The first-order valence-electron chi connectivity index (χ1n) is 6.63. The van der Waals surface area contributed by atoms with Gasteiger partial charge >= 0.3 is 5.69 Å². The van der Waals surface area contributed by atoms with E-state index in [0.29, 0.717) is 26.0 Å². The molecule has 1 atom stereocenters. The summed E-state index contributed by atoms with van der Waals surface area (Å²) in [5.41, 5.74) is 3.86. The van der Waals surface area contributed by atoms with Gasteiger partial charge in [-0.25, -0.2) is 4.79 Å². The van der Waals surface area contributed by atoms with Crippen LogP contribution in [-0.4, -0.2) is 40.0 Å². The summed E-state index contributed by atoms with van der Waals surface area (Å²) in [7, 11) is 0. The maximum atomic E-state index is 11.8. The number of nitrogens with one attached hydrogen (secondary N) is 2. The molecule has 20 heavy (non-hydrogen) atoms. The smallest absolute Gasteiger partial charge is 0.330 e. The molecule has 1 aliphatic rings. The highest BCUT2D eigenvalue weighted by molar-refractivity contribution is 5.60. The van der Waals surface area contributed by atoms with Crippen molar-refractivity contribution in [2.45, 2.75) is 31.9 Å². The normalized spacial score (nSPS) is 22.1. The van der Waals surface area contributed by atoms with Gasteiger partial charge < -0.3 is 20.9 Å². The van der Waals surface area contributed by atoms with Crippen LogP contribution in [0.15, 0.2) is 9.59 Å². The van der Waals surface area contributed by atoms with Crippen LogP contribution in [0.2, 0.25) is 0 Å². The average Bonchev–Trinajstić information content (AvgIpc) is 2.81. The fourth-order valence-corrected chi connectivity index (χ4v) is 2.19. The highest BCUT2D eigenvalue weighted by Gasteiger charge is 2.32. The van der Waals surface area contributed by atoms with E-state index in [1.807, 2.05) is 6.92 Å². The monoisotopic (exact) mass is 284 g/mol. The third kappa shape index (κ3) is 2.86. The number of H-pyrrole nitrogens is 1. The molecular formula is C12H20N4O4. The Balaban J connectivity index is 2.25. The van der Waals surface area contributed by atoms with Crippen LogP contribution in [0, 0.1) is 0 Å². The van der Waals surface area contributed by atoms with E-state index >= 15 is 0 Å². The Labute approximate surface area is 115 Å². The molecule has 0 saturated carbocycles. The Bertz CT molecular complexity index is 586. The number of hydrogen-bond acceptors (Lipinski definition) is 6. The van der Waals surface area contributed by atoms with Crippen LogP contribution >= 0.6 is 0 Å². The largest absolute Gasteiger partial charge is 0.386 e. The summed E-state index contributed by atoms with van der Waals surface area (Å²) in [4.78, 5) is 25.7. The predicted octanol–water partition coefficient (Wildman–Crippen LogP) is -0.908. The van der Waals surface area contributed by atoms with Crippen LogP contribution in [0.5, 0.6) is 0 Å². The van der Waals surface area contributed by atoms with Gasteiger partial charge in [0.25, 0.3) is 5.56 Å². The van der Waals surface area contributed by atoms with Crippen molar-refractivity contribution in [1.82, 2.24) is 9.55 Å². The van der Waals surface area contributed by atoms with Gasteiger partial charge in [-0.2, -0.15) is 0 Å². The van der Waals surface area contributed by atoms with Gasteiger partial charge in [0.05, 0.1) is 6.61 Å². The van der Waals surface area contributed by atoms with Gasteiger partial charge in [-0.05, 0) is 6.42 Å². The van der Waals surface area contributed by atoms with Crippen LogP contribution in [0.3, 0.4) is 0 Å². The lowest BCUT2D eigenvalue weighted by atomic mass is 10.0. The van der Waals surface area contributed by atoms with E-state index < -0.39 is 16.9 Å². The molecule has 8 nitrogen and oxygen atoms in total. The summed E-state index contributed by atoms with van der Waals surface area (Å²) in [6.45, 7) is 3.17. The van der Waals surface area contributed by atoms with Gasteiger partial charge in [0.2, 0.25) is 0 Å². The summed E-state index contributed by atoms with van der Waals surface area (Å²) < 4.78 is 6.43. The lowest BCUT2D eigenvalue weighted by Gasteiger charge is -2.22. The second-order valence-corrected chi connectivity index (χ2v) is 5.05. The Morgan fingerprint density at radius 2 is 2.30 bits per heavy atom. The van der Waals surface area contributed by atoms with E-state index in [0.717, 1.165) is 0 Å². The van der Waals surface area contributed by atoms with E-state index in [2.05, 4.69) is 10.3 Å². The molecule has 1 aromatic rings. The number of nitrogens with zero attached hydrogens (tertiary/aromatic N) is 1. The molecular weight excluding hydrogens is 264 g/mol. The molecule has 5 N–H and O–H groups in total. The summed E-state index contributed by atoms with van der Waals surface area (Å²) in [5, 5.41) is 13.0. The van der Waals surface area contributed by atoms with Crippen molar-refractivity contribution in [3.05, 3.63) is 20.8 Å². The third-order valence-electron chi connectivity index (χ3n) is 3.36. The van der Waals surface area contributed by atoms with E-state index in [-0.39, 0.29) is 24.7 Å². The van der Waals surface area contributed by atoms with Crippen LogP contribution < -0.4 is 22.3 Å². The molecule has 0 spiro atoms. The molecule has 2 heterocycles. The van der Waals surface area contributed by atoms with Crippen LogP contribution in [0.1, 0.15) is 19.8 Å². The van der Waals surface area contributed by atoms with Crippen LogP contribution in [0.4, 0.5) is 11.5 Å². The minimum atomic E-state index is -1.01. The van der Waals surface area contributed by atoms with Crippen molar-refractivity contribution in [2.24, 2.45) is 0 Å². The number of hydrogen-bond donors (Lipinski definition) is 4. The van der Waals surface area contributed by atoms with Gasteiger partial charge in [0.15, 0.2) is 0 Å². The predicted molar refractivity (Wildman–Crippen MR) is 74.9 cm³/mol. The molecule has 1 fully saturated rings. The molecule has 0 amide bonds. The lowest BCUT2D eigenvalue weighted by molar-refractivity contribution is 0.0382. The quantitative estimate of drug-likeness (QED) is 0.555. The van der Waals surface area contributed by atoms with Crippen LogP contribution in [-0.2, 0) is 11.3 Å². The Kier molecular flexibility index (Phi) is 4.15. The summed E-state index contributed by atoms with van der Waals surface area (Å²) >= 11 is 0. The van der Waals surface area contributed by atoms with Crippen LogP contribution in [0.25, 0.3) is 0 Å². The Morgan fingerprint density at radius 3 is 2.90 bits per heavy atom. The number of aromatic amines is 1. The maximum absolute atomic E-state index is 11.8. The minimum absolute atomic E-state index is 0.0862. The molecule has 0 bridgehead atoms.